The van der Waals surface area contributed by atoms with Crippen LogP contribution in [0.4, 0.5) is 9.18 Å². The summed E-state index contributed by atoms with van der Waals surface area (Å²) in [5.41, 5.74) is 0.119. The van der Waals surface area contributed by atoms with E-state index < -0.39 is 5.60 Å². The molecule has 0 aliphatic rings. The fourth-order valence-corrected chi connectivity index (χ4v) is 2.19. The first-order valence-electron chi connectivity index (χ1n) is 7.15. The third kappa shape index (κ3) is 6.75. The third-order valence-corrected chi connectivity index (χ3v) is 3.46. The second-order valence-electron chi connectivity index (χ2n) is 6.38. The van der Waals surface area contributed by atoms with Gasteiger partial charge >= 0.3 is 6.09 Å². The summed E-state index contributed by atoms with van der Waals surface area (Å²) in [5.74, 6) is -0.226. The minimum atomic E-state index is -0.503. The molecule has 0 aromatic heterocycles. The number of carbonyl (C=O) groups is 1. The predicted molar refractivity (Wildman–Crippen MR) is 89.3 cm³/mol. The van der Waals surface area contributed by atoms with Crippen LogP contribution in [0.15, 0.2) is 22.7 Å². The molecule has 0 atom stereocenters. The molecule has 0 unspecified atom stereocenters. The molecule has 0 spiro atoms. The second-order valence-corrected chi connectivity index (χ2v) is 7.29. The van der Waals surface area contributed by atoms with Crippen LogP contribution >= 0.6 is 15.9 Å². The van der Waals surface area contributed by atoms with Crippen molar-refractivity contribution in [3.63, 3.8) is 0 Å². The van der Waals surface area contributed by atoms with Crippen LogP contribution in [-0.2, 0) is 11.3 Å². The van der Waals surface area contributed by atoms with Crippen molar-refractivity contribution in [1.82, 2.24) is 9.80 Å². The van der Waals surface area contributed by atoms with Crippen LogP contribution in [0.1, 0.15) is 26.3 Å². The smallest absolute Gasteiger partial charge is 0.410 e. The Bertz CT molecular complexity index is 517. The first kappa shape index (κ1) is 18.9. The summed E-state index contributed by atoms with van der Waals surface area (Å²) in [5, 5.41) is 0. The van der Waals surface area contributed by atoms with Gasteiger partial charge in [0.1, 0.15) is 11.4 Å². The van der Waals surface area contributed by atoms with E-state index in [1.165, 1.54) is 11.0 Å². The van der Waals surface area contributed by atoms with Crippen molar-refractivity contribution in [3.8, 4) is 0 Å². The van der Waals surface area contributed by atoms with E-state index in [-0.39, 0.29) is 11.9 Å². The lowest BCUT2D eigenvalue weighted by Crippen LogP contribution is -2.38. The Labute approximate surface area is 140 Å². The predicted octanol–water partition coefficient (Wildman–Crippen LogP) is 3.89. The number of benzene rings is 1. The summed E-state index contributed by atoms with van der Waals surface area (Å²) in [6.45, 7) is 7.12. The molecule has 1 amide bonds. The van der Waals surface area contributed by atoms with Crippen molar-refractivity contribution in [1.29, 1.82) is 0 Å². The van der Waals surface area contributed by atoms with Crippen LogP contribution in [0.5, 0.6) is 0 Å². The summed E-state index contributed by atoms with van der Waals surface area (Å²) in [4.78, 5) is 15.3. The van der Waals surface area contributed by atoms with Gasteiger partial charge in [0.25, 0.3) is 0 Å². The Morgan fingerprint density at radius 2 is 1.91 bits per heavy atom. The maximum Gasteiger partial charge on any atom is 0.410 e. The average Bonchev–Trinajstić information content (AvgIpc) is 2.38. The number of rotatable bonds is 5. The molecule has 22 heavy (non-hydrogen) atoms. The summed E-state index contributed by atoms with van der Waals surface area (Å²) < 4.78 is 19.8. The van der Waals surface area contributed by atoms with Crippen LogP contribution < -0.4 is 0 Å². The van der Waals surface area contributed by atoms with Crippen molar-refractivity contribution < 1.29 is 13.9 Å². The molecule has 1 rings (SSSR count). The van der Waals surface area contributed by atoms with Crippen LogP contribution in [0.25, 0.3) is 0 Å². The number of carbonyl (C=O) groups excluding carboxylic acids is 1. The minimum absolute atomic E-state index is 0.226. The van der Waals surface area contributed by atoms with Gasteiger partial charge in [-0.25, -0.2) is 9.18 Å². The fourth-order valence-electron chi connectivity index (χ4n) is 1.79. The van der Waals surface area contributed by atoms with Crippen molar-refractivity contribution in [2.75, 3.05) is 27.2 Å². The minimum Gasteiger partial charge on any atom is -0.444 e. The van der Waals surface area contributed by atoms with E-state index >= 15 is 0 Å². The molecule has 4 nitrogen and oxygen atoms in total. The van der Waals surface area contributed by atoms with Gasteiger partial charge < -0.3 is 14.5 Å². The zero-order chi connectivity index (χ0) is 16.9. The van der Waals surface area contributed by atoms with Gasteiger partial charge in [-0.1, -0.05) is 15.9 Å². The van der Waals surface area contributed by atoms with Crippen molar-refractivity contribution in [2.24, 2.45) is 0 Å². The Kier molecular flexibility index (Phi) is 6.81. The molecule has 1 aromatic rings. The normalized spacial score (nSPS) is 11.6. The number of halogens is 2. The highest BCUT2D eigenvalue weighted by atomic mass is 79.9. The molecule has 6 heteroatoms. The molecule has 0 N–H and O–H groups in total. The van der Waals surface area contributed by atoms with Gasteiger partial charge in [-0.15, -0.1) is 0 Å². The van der Waals surface area contributed by atoms with Gasteiger partial charge in [0.05, 0.1) is 0 Å². The molecule has 0 saturated heterocycles. The summed E-state index contributed by atoms with van der Waals surface area (Å²) >= 11 is 3.34. The molecule has 0 bridgehead atoms. The number of amides is 1. The quantitative estimate of drug-likeness (QED) is 0.783. The summed E-state index contributed by atoms with van der Waals surface area (Å²) in [6.07, 6.45) is -0.352. The number of hydrogen-bond donors (Lipinski definition) is 0. The SMILES string of the molecule is CN(CCN(C)C(=O)OC(C)(C)C)Cc1cc(Br)ccc1F. The Morgan fingerprint density at radius 3 is 2.50 bits per heavy atom. The molecule has 0 saturated carbocycles. The maximum absolute atomic E-state index is 13.7. The van der Waals surface area contributed by atoms with Gasteiger partial charge in [-0.05, 0) is 46.0 Å². The number of ether oxygens (including phenoxy) is 1. The van der Waals surface area contributed by atoms with Crippen LogP contribution in [0.2, 0.25) is 0 Å². The molecule has 0 aliphatic heterocycles. The Morgan fingerprint density at radius 1 is 1.27 bits per heavy atom. The number of hydrogen-bond acceptors (Lipinski definition) is 3. The first-order chi connectivity index (χ1) is 10.1. The molecule has 0 aliphatic carbocycles. The molecule has 0 fully saturated rings. The van der Waals surface area contributed by atoms with Crippen LogP contribution in [0, 0.1) is 5.82 Å². The van der Waals surface area contributed by atoms with Crippen molar-refractivity contribution >= 4 is 22.0 Å². The van der Waals surface area contributed by atoms with Crippen molar-refractivity contribution in [2.45, 2.75) is 32.9 Å². The molecule has 1 aromatic carbocycles. The zero-order valence-electron chi connectivity index (χ0n) is 13.8. The van der Waals surface area contributed by atoms with Gasteiger partial charge in [0, 0.05) is 36.7 Å². The zero-order valence-corrected chi connectivity index (χ0v) is 15.4. The van der Waals surface area contributed by atoms with Gasteiger partial charge in [-0.2, -0.15) is 0 Å². The lowest BCUT2D eigenvalue weighted by molar-refractivity contribution is 0.0286. The lowest BCUT2D eigenvalue weighted by atomic mass is 10.2. The van der Waals surface area contributed by atoms with E-state index in [2.05, 4.69) is 15.9 Å². The highest BCUT2D eigenvalue weighted by molar-refractivity contribution is 9.10. The maximum atomic E-state index is 13.7. The molecule has 0 heterocycles. The molecular formula is C16H24BrFN2O2. The first-order valence-corrected chi connectivity index (χ1v) is 7.94. The summed E-state index contributed by atoms with van der Waals surface area (Å²) in [6, 6.07) is 4.89. The molecule has 0 radical (unpaired) electrons. The highest BCUT2D eigenvalue weighted by Crippen LogP contribution is 2.17. The van der Waals surface area contributed by atoms with Gasteiger partial charge in [-0.3, -0.25) is 0 Å². The second kappa shape index (κ2) is 7.92. The fraction of sp³-hybridized carbons (Fsp3) is 0.562. The largest absolute Gasteiger partial charge is 0.444 e. The highest BCUT2D eigenvalue weighted by Gasteiger charge is 2.19. The lowest BCUT2D eigenvalue weighted by Gasteiger charge is -2.26. The monoisotopic (exact) mass is 374 g/mol. The standard InChI is InChI=1S/C16H24BrFN2O2/c1-16(2,3)22-15(21)20(5)9-8-19(4)11-12-10-13(17)6-7-14(12)18/h6-7,10H,8-9,11H2,1-5H3. The van der Waals surface area contributed by atoms with E-state index in [9.17, 15) is 9.18 Å². The van der Waals surface area contributed by atoms with E-state index in [1.54, 1.807) is 19.2 Å². The third-order valence-electron chi connectivity index (χ3n) is 2.97. The Balaban J connectivity index is 2.47. The summed E-state index contributed by atoms with van der Waals surface area (Å²) in [7, 11) is 3.59. The topological polar surface area (TPSA) is 32.8 Å². The van der Waals surface area contributed by atoms with Crippen molar-refractivity contribution in [3.05, 3.63) is 34.1 Å². The van der Waals surface area contributed by atoms with E-state index in [0.717, 1.165) is 4.47 Å². The molecular weight excluding hydrogens is 351 g/mol. The van der Waals surface area contributed by atoms with E-state index in [1.807, 2.05) is 32.7 Å². The van der Waals surface area contributed by atoms with Gasteiger partial charge in [0.15, 0.2) is 0 Å². The van der Waals surface area contributed by atoms with Crippen LogP contribution in [-0.4, -0.2) is 48.7 Å². The van der Waals surface area contributed by atoms with E-state index in [4.69, 9.17) is 4.74 Å². The van der Waals surface area contributed by atoms with E-state index in [0.29, 0.717) is 25.2 Å². The molecule has 124 valence electrons. The average molecular weight is 375 g/mol. The number of likely N-dealkylation sites (N-methyl/N-ethyl adjacent to an activating group) is 2. The van der Waals surface area contributed by atoms with Gasteiger partial charge in [0.2, 0.25) is 0 Å². The van der Waals surface area contributed by atoms with Crippen LogP contribution in [0.3, 0.4) is 0 Å². The number of nitrogens with zero attached hydrogens (tertiary/aromatic N) is 2. The Hall–Kier alpha value is -1.14.